The van der Waals surface area contributed by atoms with Crippen LogP contribution >= 0.6 is 0 Å². The summed E-state index contributed by atoms with van der Waals surface area (Å²) in [5.74, 6) is 2.23. The fraction of sp³-hybridized carbons (Fsp3) is 0.727. The van der Waals surface area contributed by atoms with Gasteiger partial charge in [0.25, 0.3) is 0 Å². The van der Waals surface area contributed by atoms with Gasteiger partial charge in [-0.05, 0) is 19.8 Å². The summed E-state index contributed by atoms with van der Waals surface area (Å²) in [7, 11) is 0. The molecule has 1 heterocycles. The van der Waals surface area contributed by atoms with Crippen LogP contribution in [0.25, 0.3) is 0 Å². The molecule has 0 amide bonds. The van der Waals surface area contributed by atoms with E-state index >= 15 is 0 Å². The van der Waals surface area contributed by atoms with Gasteiger partial charge in [0.1, 0.15) is 5.76 Å². The smallest absolute Gasteiger partial charge is 0.196 e. The molecule has 1 aliphatic carbocycles. The molecule has 0 bridgehead atoms. The minimum Gasteiger partial charge on any atom is -0.446 e. The summed E-state index contributed by atoms with van der Waals surface area (Å²) in [4.78, 5) is 4.45. The van der Waals surface area contributed by atoms with Gasteiger partial charge in [0.05, 0.1) is 12.3 Å². The van der Waals surface area contributed by atoms with Crippen LogP contribution in [-0.2, 0) is 6.42 Å². The molecule has 0 aliphatic heterocycles. The largest absolute Gasteiger partial charge is 0.446 e. The van der Waals surface area contributed by atoms with E-state index in [1.165, 1.54) is 25.7 Å². The third kappa shape index (κ3) is 1.82. The lowest BCUT2D eigenvalue weighted by atomic mass is 10.0. The summed E-state index contributed by atoms with van der Waals surface area (Å²) in [6, 6.07) is 0. The lowest BCUT2D eigenvalue weighted by Crippen LogP contribution is -1.96. The maximum Gasteiger partial charge on any atom is 0.196 e. The molecule has 3 heteroatoms. The van der Waals surface area contributed by atoms with Crippen molar-refractivity contribution < 1.29 is 9.52 Å². The number of hydrogen-bond donors (Lipinski definition) is 1. The van der Waals surface area contributed by atoms with Crippen LogP contribution in [0, 0.1) is 6.92 Å². The van der Waals surface area contributed by atoms with Crippen LogP contribution in [0.1, 0.15) is 48.9 Å². The highest BCUT2D eigenvalue weighted by Gasteiger charge is 2.23. The van der Waals surface area contributed by atoms with Gasteiger partial charge in [-0.25, -0.2) is 4.98 Å². The van der Waals surface area contributed by atoms with E-state index in [0.717, 1.165) is 11.5 Å². The Hall–Kier alpha value is -0.830. The molecule has 0 atom stereocenters. The van der Waals surface area contributed by atoms with Crippen LogP contribution in [0.3, 0.4) is 0 Å². The van der Waals surface area contributed by atoms with Gasteiger partial charge in [0.15, 0.2) is 5.89 Å². The van der Waals surface area contributed by atoms with Gasteiger partial charge in [-0.2, -0.15) is 0 Å². The summed E-state index contributed by atoms with van der Waals surface area (Å²) in [6.45, 7) is 2.09. The first-order chi connectivity index (χ1) is 6.81. The van der Waals surface area contributed by atoms with E-state index in [-0.39, 0.29) is 6.61 Å². The summed E-state index contributed by atoms with van der Waals surface area (Å²) in [6.07, 6.45) is 5.64. The van der Waals surface area contributed by atoms with E-state index in [2.05, 4.69) is 4.98 Å². The van der Waals surface area contributed by atoms with Crippen molar-refractivity contribution in [1.29, 1.82) is 0 Å². The highest BCUT2D eigenvalue weighted by atomic mass is 16.4. The van der Waals surface area contributed by atoms with Crippen LogP contribution in [0.4, 0.5) is 0 Å². The number of nitrogens with zero attached hydrogens (tertiary/aromatic N) is 1. The number of aromatic nitrogens is 1. The highest BCUT2D eigenvalue weighted by molar-refractivity contribution is 5.15. The fourth-order valence-corrected chi connectivity index (χ4v) is 2.25. The number of aliphatic hydroxyl groups is 1. The van der Waals surface area contributed by atoms with E-state index in [1.54, 1.807) is 0 Å². The van der Waals surface area contributed by atoms with Gasteiger partial charge in [0.2, 0.25) is 0 Å². The Labute approximate surface area is 84.2 Å². The van der Waals surface area contributed by atoms with E-state index in [4.69, 9.17) is 9.52 Å². The molecule has 1 aromatic heterocycles. The molecule has 0 saturated heterocycles. The number of oxazole rings is 1. The summed E-state index contributed by atoms with van der Waals surface area (Å²) >= 11 is 0. The Balaban J connectivity index is 2.15. The quantitative estimate of drug-likeness (QED) is 0.804. The highest BCUT2D eigenvalue weighted by Crippen LogP contribution is 2.35. The molecule has 1 N–H and O–H groups in total. The predicted octanol–water partition coefficient (Wildman–Crippen LogP) is 2.18. The molecule has 0 aromatic carbocycles. The van der Waals surface area contributed by atoms with Crippen LogP contribution in [0.15, 0.2) is 4.42 Å². The van der Waals surface area contributed by atoms with Gasteiger partial charge < -0.3 is 9.52 Å². The van der Waals surface area contributed by atoms with E-state index in [1.807, 2.05) is 6.92 Å². The zero-order chi connectivity index (χ0) is 9.97. The zero-order valence-electron chi connectivity index (χ0n) is 8.62. The van der Waals surface area contributed by atoms with Crippen LogP contribution in [0.5, 0.6) is 0 Å². The topological polar surface area (TPSA) is 46.3 Å². The summed E-state index contributed by atoms with van der Waals surface area (Å²) < 4.78 is 5.50. The first kappa shape index (κ1) is 9.71. The third-order valence-corrected chi connectivity index (χ3v) is 2.94. The number of hydrogen-bond acceptors (Lipinski definition) is 3. The Kier molecular flexibility index (Phi) is 2.87. The molecule has 1 aromatic rings. The zero-order valence-corrected chi connectivity index (χ0v) is 8.62. The Morgan fingerprint density at radius 1 is 1.43 bits per heavy atom. The second kappa shape index (κ2) is 4.13. The number of rotatable bonds is 3. The lowest BCUT2D eigenvalue weighted by Gasteiger charge is -2.03. The van der Waals surface area contributed by atoms with Crippen LogP contribution < -0.4 is 0 Å². The third-order valence-electron chi connectivity index (χ3n) is 2.94. The van der Waals surface area contributed by atoms with Crippen molar-refractivity contribution in [1.82, 2.24) is 4.98 Å². The molecule has 0 unspecified atom stereocenters. The summed E-state index contributed by atoms with van der Waals surface area (Å²) in [5, 5.41) is 8.79. The van der Waals surface area contributed by atoms with Crippen molar-refractivity contribution in [3.63, 3.8) is 0 Å². The van der Waals surface area contributed by atoms with Crippen molar-refractivity contribution in [3.8, 4) is 0 Å². The van der Waals surface area contributed by atoms with Crippen molar-refractivity contribution >= 4 is 0 Å². The molecule has 1 saturated carbocycles. The molecule has 1 aliphatic rings. The Bertz CT molecular complexity index is 300. The van der Waals surface area contributed by atoms with Crippen molar-refractivity contribution in [3.05, 3.63) is 17.3 Å². The van der Waals surface area contributed by atoms with E-state index in [0.29, 0.717) is 18.2 Å². The van der Waals surface area contributed by atoms with E-state index < -0.39 is 0 Å². The molecule has 0 spiro atoms. The van der Waals surface area contributed by atoms with Crippen LogP contribution in [0.2, 0.25) is 0 Å². The van der Waals surface area contributed by atoms with Gasteiger partial charge in [0, 0.05) is 12.3 Å². The monoisotopic (exact) mass is 195 g/mol. The second-order valence-electron chi connectivity index (χ2n) is 4.00. The van der Waals surface area contributed by atoms with Gasteiger partial charge >= 0.3 is 0 Å². The SMILES string of the molecule is Cc1oc(CCO)nc1C1CCCC1. The van der Waals surface area contributed by atoms with Crippen LogP contribution in [-0.4, -0.2) is 16.7 Å². The molecular formula is C11H17NO2. The molecule has 1 fully saturated rings. The molecule has 0 radical (unpaired) electrons. The molecule has 3 nitrogen and oxygen atoms in total. The molecule has 14 heavy (non-hydrogen) atoms. The van der Waals surface area contributed by atoms with Gasteiger partial charge in [-0.15, -0.1) is 0 Å². The maximum atomic E-state index is 8.79. The van der Waals surface area contributed by atoms with Crippen molar-refractivity contribution in [2.45, 2.75) is 44.9 Å². The standard InChI is InChI=1S/C11H17NO2/c1-8-11(9-4-2-3-5-9)12-10(14-8)6-7-13/h9,13H,2-7H2,1H3. The van der Waals surface area contributed by atoms with Crippen molar-refractivity contribution in [2.24, 2.45) is 0 Å². The molecule has 2 rings (SSSR count). The number of aliphatic hydroxyl groups excluding tert-OH is 1. The minimum atomic E-state index is 0.115. The summed E-state index contributed by atoms with van der Waals surface area (Å²) in [5.41, 5.74) is 1.13. The first-order valence-corrected chi connectivity index (χ1v) is 5.38. The average molecular weight is 195 g/mol. The number of aryl methyl sites for hydroxylation is 1. The average Bonchev–Trinajstić information content (AvgIpc) is 2.74. The normalized spacial score (nSPS) is 17.9. The second-order valence-corrected chi connectivity index (χ2v) is 4.00. The van der Waals surface area contributed by atoms with Gasteiger partial charge in [-0.3, -0.25) is 0 Å². The molecular weight excluding hydrogens is 178 g/mol. The lowest BCUT2D eigenvalue weighted by molar-refractivity contribution is 0.284. The fourth-order valence-electron chi connectivity index (χ4n) is 2.25. The van der Waals surface area contributed by atoms with Crippen molar-refractivity contribution in [2.75, 3.05) is 6.61 Å². The maximum absolute atomic E-state index is 8.79. The molecule has 78 valence electrons. The minimum absolute atomic E-state index is 0.115. The van der Waals surface area contributed by atoms with E-state index in [9.17, 15) is 0 Å². The first-order valence-electron chi connectivity index (χ1n) is 5.38. The Morgan fingerprint density at radius 3 is 2.79 bits per heavy atom. The Morgan fingerprint density at radius 2 is 2.14 bits per heavy atom. The van der Waals surface area contributed by atoms with Gasteiger partial charge in [-0.1, -0.05) is 12.8 Å². The predicted molar refractivity (Wildman–Crippen MR) is 53.2 cm³/mol.